The van der Waals surface area contributed by atoms with Crippen LogP contribution in [0.1, 0.15) is 43.9 Å². The van der Waals surface area contributed by atoms with Gasteiger partial charge >= 0.3 is 0 Å². The summed E-state index contributed by atoms with van der Waals surface area (Å²) >= 11 is 0. The zero-order valence-corrected chi connectivity index (χ0v) is 12.8. The molecule has 1 rings (SSSR count). The first-order valence-electron chi connectivity index (χ1n) is 7.32. The molecule has 0 heterocycles. The lowest BCUT2D eigenvalue weighted by molar-refractivity contribution is 0.186. The lowest BCUT2D eigenvalue weighted by Gasteiger charge is -2.27. The number of nitrogens with zero attached hydrogens (tertiary/aromatic N) is 1. The van der Waals surface area contributed by atoms with E-state index in [9.17, 15) is 4.39 Å². The van der Waals surface area contributed by atoms with Crippen molar-refractivity contribution in [3.05, 3.63) is 35.1 Å². The molecule has 1 atom stereocenters. The van der Waals surface area contributed by atoms with Crippen LogP contribution in [0.15, 0.2) is 18.2 Å². The molecule has 1 aromatic rings. The topological polar surface area (TPSA) is 49.5 Å². The molecule has 4 heteroatoms. The molecule has 0 saturated carbocycles. The molecule has 0 aliphatic carbocycles. The van der Waals surface area contributed by atoms with E-state index < -0.39 is 0 Å². The van der Waals surface area contributed by atoms with Crippen LogP contribution in [0.4, 0.5) is 4.39 Å². The average molecular weight is 282 g/mol. The van der Waals surface area contributed by atoms with Gasteiger partial charge in [0.05, 0.1) is 0 Å². The Morgan fingerprint density at radius 2 is 2.00 bits per heavy atom. The van der Waals surface area contributed by atoms with Gasteiger partial charge in [-0.15, -0.1) is 0 Å². The molecule has 0 radical (unpaired) electrons. The minimum Gasteiger partial charge on any atom is -0.396 e. The van der Waals surface area contributed by atoms with Gasteiger partial charge in [-0.25, -0.2) is 4.39 Å². The Bertz CT molecular complexity index is 409. The minimum absolute atomic E-state index is 0.152. The van der Waals surface area contributed by atoms with Crippen LogP contribution in [0.3, 0.4) is 0 Å². The van der Waals surface area contributed by atoms with Crippen molar-refractivity contribution in [3.63, 3.8) is 0 Å². The third-order valence-corrected chi connectivity index (χ3v) is 3.69. The summed E-state index contributed by atoms with van der Waals surface area (Å²) in [5.41, 5.74) is 7.64. The van der Waals surface area contributed by atoms with Crippen molar-refractivity contribution in [1.82, 2.24) is 4.90 Å². The summed E-state index contributed by atoms with van der Waals surface area (Å²) < 4.78 is 13.5. The maximum Gasteiger partial charge on any atom is 0.126 e. The Kier molecular flexibility index (Phi) is 7.13. The Morgan fingerprint density at radius 1 is 1.30 bits per heavy atom. The lowest BCUT2D eigenvalue weighted by atomic mass is 10.0. The van der Waals surface area contributed by atoms with Crippen molar-refractivity contribution >= 4 is 0 Å². The summed E-state index contributed by atoms with van der Waals surface area (Å²) in [6.45, 7) is 7.94. The first kappa shape index (κ1) is 17.1. The van der Waals surface area contributed by atoms with Crippen LogP contribution in [0.25, 0.3) is 0 Å². The van der Waals surface area contributed by atoms with E-state index in [2.05, 4.69) is 18.7 Å². The maximum absolute atomic E-state index is 13.5. The van der Waals surface area contributed by atoms with Crippen molar-refractivity contribution in [2.75, 3.05) is 19.7 Å². The number of aryl methyl sites for hydroxylation is 1. The molecule has 20 heavy (non-hydrogen) atoms. The fraction of sp³-hybridized carbons (Fsp3) is 0.625. The van der Waals surface area contributed by atoms with Gasteiger partial charge in [0.15, 0.2) is 0 Å². The molecule has 1 unspecified atom stereocenters. The Morgan fingerprint density at radius 3 is 2.55 bits per heavy atom. The fourth-order valence-corrected chi connectivity index (χ4v) is 2.21. The van der Waals surface area contributed by atoms with Gasteiger partial charge < -0.3 is 15.7 Å². The van der Waals surface area contributed by atoms with E-state index in [0.29, 0.717) is 11.6 Å². The van der Waals surface area contributed by atoms with Crippen molar-refractivity contribution in [3.8, 4) is 0 Å². The summed E-state index contributed by atoms with van der Waals surface area (Å²) in [7, 11) is 0. The molecule has 0 fully saturated rings. The number of hydrogen-bond donors (Lipinski definition) is 2. The number of benzene rings is 1. The van der Waals surface area contributed by atoms with E-state index in [0.717, 1.165) is 31.5 Å². The molecule has 0 aliphatic rings. The van der Waals surface area contributed by atoms with E-state index in [1.54, 1.807) is 13.0 Å². The van der Waals surface area contributed by atoms with Gasteiger partial charge in [0.25, 0.3) is 0 Å². The first-order valence-corrected chi connectivity index (χ1v) is 7.32. The highest BCUT2D eigenvalue weighted by atomic mass is 19.1. The van der Waals surface area contributed by atoms with Crippen molar-refractivity contribution < 1.29 is 9.50 Å². The van der Waals surface area contributed by atoms with Crippen molar-refractivity contribution in [1.29, 1.82) is 0 Å². The van der Waals surface area contributed by atoms with E-state index in [1.807, 2.05) is 6.07 Å². The van der Waals surface area contributed by atoms with Gasteiger partial charge in [-0.3, -0.25) is 0 Å². The molecule has 1 aromatic carbocycles. The van der Waals surface area contributed by atoms with Gasteiger partial charge in [-0.05, 0) is 50.8 Å². The molecule has 0 aromatic heterocycles. The summed E-state index contributed by atoms with van der Waals surface area (Å²) in [5.74, 6) is -0.195. The number of aliphatic hydroxyl groups is 1. The molecule has 3 nitrogen and oxygen atoms in total. The molecule has 0 bridgehead atoms. The van der Waals surface area contributed by atoms with E-state index >= 15 is 0 Å². The van der Waals surface area contributed by atoms with Crippen molar-refractivity contribution in [2.24, 2.45) is 5.73 Å². The Balaban J connectivity index is 2.55. The van der Waals surface area contributed by atoms with E-state index in [-0.39, 0.29) is 18.5 Å². The van der Waals surface area contributed by atoms with Crippen LogP contribution in [0.2, 0.25) is 0 Å². The molecule has 0 spiro atoms. The van der Waals surface area contributed by atoms with Gasteiger partial charge in [0, 0.05) is 31.8 Å². The maximum atomic E-state index is 13.5. The van der Waals surface area contributed by atoms with Gasteiger partial charge in [-0.2, -0.15) is 0 Å². The quantitative estimate of drug-likeness (QED) is 0.770. The second-order valence-corrected chi connectivity index (χ2v) is 5.61. The van der Waals surface area contributed by atoms with Crippen LogP contribution < -0.4 is 5.73 Å². The van der Waals surface area contributed by atoms with Crippen LogP contribution in [0, 0.1) is 12.7 Å². The number of hydrogen-bond acceptors (Lipinski definition) is 3. The second-order valence-electron chi connectivity index (χ2n) is 5.61. The SMILES string of the molecule is Cc1ccc(C(N)CCN(CCCO)C(C)C)cc1F. The molecule has 0 aliphatic heterocycles. The summed E-state index contributed by atoms with van der Waals surface area (Å²) in [6, 6.07) is 5.48. The largest absolute Gasteiger partial charge is 0.396 e. The Hall–Kier alpha value is -0.970. The highest BCUT2D eigenvalue weighted by Crippen LogP contribution is 2.18. The van der Waals surface area contributed by atoms with Gasteiger partial charge in [0.2, 0.25) is 0 Å². The number of nitrogens with two attached hydrogens (primary N) is 1. The molecule has 114 valence electrons. The average Bonchev–Trinajstić information content (AvgIpc) is 2.41. The van der Waals surface area contributed by atoms with Crippen LogP contribution in [-0.4, -0.2) is 35.7 Å². The third-order valence-electron chi connectivity index (χ3n) is 3.69. The Labute approximate surface area is 121 Å². The normalized spacial score (nSPS) is 13.2. The van der Waals surface area contributed by atoms with E-state index in [4.69, 9.17) is 10.8 Å². The number of halogens is 1. The highest BCUT2D eigenvalue weighted by molar-refractivity contribution is 5.25. The van der Waals surface area contributed by atoms with Gasteiger partial charge in [-0.1, -0.05) is 12.1 Å². The predicted molar refractivity (Wildman–Crippen MR) is 81.1 cm³/mol. The number of rotatable bonds is 8. The van der Waals surface area contributed by atoms with E-state index in [1.165, 1.54) is 6.07 Å². The molecular formula is C16H27FN2O. The molecule has 3 N–H and O–H groups in total. The smallest absolute Gasteiger partial charge is 0.126 e. The summed E-state index contributed by atoms with van der Waals surface area (Å²) in [6.07, 6.45) is 1.55. The predicted octanol–water partition coefficient (Wildman–Crippen LogP) is 2.62. The second kappa shape index (κ2) is 8.35. The molecule has 0 saturated heterocycles. The summed E-state index contributed by atoms with van der Waals surface area (Å²) in [5, 5.41) is 8.92. The van der Waals surface area contributed by atoms with Crippen LogP contribution >= 0.6 is 0 Å². The monoisotopic (exact) mass is 282 g/mol. The number of aliphatic hydroxyl groups excluding tert-OH is 1. The van der Waals surface area contributed by atoms with Gasteiger partial charge in [0.1, 0.15) is 5.82 Å². The molecule has 0 amide bonds. The van der Waals surface area contributed by atoms with Crippen LogP contribution in [-0.2, 0) is 0 Å². The molecular weight excluding hydrogens is 255 g/mol. The van der Waals surface area contributed by atoms with Crippen LogP contribution in [0.5, 0.6) is 0 Å². The third kappa shape index (κ3) is 5.19. The fourth-order valence-electron chi connectivity index (χ4n) is 2.21. The lowest BCUT2D eigenvalue weighted by Crippen LogP contribution is -2.34. The summed E-state index contributed by atoms with van der Waals surface area (Å²) in [4.78, 5) is 2.29. The minimum atomic E-state index is -0.195. The standard InChI is InChI=1S/C16H27FN2O/c1-12(2)19(8-4-10-20)9-7-16(18)14-6-5-13(3)15(17)11-14/h5-6,11-12,16,20H,4,7-10,18H2,1-3H3. The first-order chi connectivity index (χ1) is 9.45. The zero-order chi connectivity index (χ0) is 15.1. The highest BCUT2D eigenvalue weighted by Gasteiger charge is 2.13. The van der Waals surface area contributed by atoms with Crippen molar-refractivity contribution in [2.45, 2.75) is 45.7 Å². The zero-order valence-electron chi connectivity index (χ0n) is 12.8.